The van der Waals surface area contributed by atoms with E-state index in [9.17, 15) is 10.1 Å². The first-order chi connectivity index (χ1) is 9.72. The zero-order chi connectivity index (χ0) is 13.9. The lowest BCUT2D eigenvalue weighted by Gasteiger charge is -2.01. The topological polar surface area (TPSA) is 59.1 Å². The highest BCUT2D eigenvalue weighted by molar-refractivity contribution is 5.80. The molecule has 3 aromatic rings. The summed E-state index contributed by atoms with van der Waals surface area (Å²) in [4.78, 5) is 10.2. The van der Waals surface area contributed by atoms with Crippen molar-refractivity contribution in [2.75, 3.05) is 5.43 Å². The van der Waals surface area contributed by atoms with Gasteiger partial charge in [0.1, 0.15) is 0 Å². The third kappa shape index (κ3) is 2.42. The van der Waals surface area contributed by atoms with Gasteiger partial charge in [-0.3, -0.25) is 10.1 Å². The van der Waals surface area contributed by atoms with Crippen LogP contribution in [0.5, 0.6) is 0 Å². The summed E-state index contributed by atoms with van der Waals surface area (Å²) in [6.45, 7) is 0. The number of hydrogen-bond donors (Lipinski definition) is 1. The van der Waals surface area contributed by atoms with Crippen LogP contribution < -0.4 is 10.1 Å². The number of aromatic nitrogens is 1. The SMILES string of the molecule is O=[N+]([O-])c1ccc(N[n+]2ccc3ccccc3c2)cc1. The first-order valence-electron chi connectivity index (χ1n) is 6.14. The summed E-state index contributed by atoms with van der Waals surface area (Å²) < 4.78 is 1.82. The molecule has 2 aromatic carbocycles. The van der Waals surface area contributed by atoms with Crippen molar-refractivity contribution in [3.8, 4) is 0 Å². The van der Waals surface area contributed by atoms with Gasteiger partial charge in [-0.1, -0.05) is 22.9 Å². The Labute approximate surface area is 115 Å². The van der Waals surface area contributed by atoms with Gasteiger partial charge in [0.2, 0.25) is 6.20 Å². The first-order valence-corrected chi connectivity index (χ1v) is 6.14. The van der Waals surface area contributed by atoms with E-state index in [-0.39, 0.29) is 5.69 Å². The van der Waals surface area contributed by atoms with Gasteiger partial charge < -0.3 is 0 Å². The Bertz CT molecular complexity index is 769. The number of rotatable bonds is 3. The van der Waals surface area contributed by atoms with Crippen LogP contribution in [0.2, 0.25) is 0 Å². The minimum atomic E-state index is -0.410. The fraction of sp³-hybridized carbons (Fsp3) is 0. The Morgan fingerprint density at radius 1 is 0.950 bits per heavy atom. The summed E-state index contributed by atoms with van der Waals surface area (Å²) >= 11 is 0. The number of nitro groups is 1. The third-order valence-electron chi connectivity index (χ3n) is 3.03. The van der Waals surface area contributed by atoms with Gasteiger partial charge >= 0.3 is 0 Å². The number of nitrogens with one attached hydrogen (secondary N) is 1. The molecule has 5 heteroatoms. The lowest BCUT2D eigenvalue weighted by molar-refractivity contribution is -0.641. The van der Waals surface area contributed by atoms with Crippen molar-refractivity contribution >= 4 is 22.1 Å². The van der Waals surface area contributed by atoms with Crippen molar-refractivity contribution in [2.45, 2.75) is 0 Å². The molecule has 0 aliphatic carbocycles. The molecule has 0 fully saturated rings. The molecule has 0 bridgehead atoms. The van der Waals surface area contributed by atoms with Gasteiger partial charge in [-0.05, 0) is 23.6 Å². The fourth-order valence-corrected chi connectivity index (χ4v) is 2.01. The molecule has 3 rings (SSSR count). The Kier molecular flexibility index (Phi) is 3.01. The molecule has 0 radical (unpaired) electrons. The summed E-state index contributed by atoms with van der Waals surface area (Å²) in [5.41, 5.74) is 4.03. The van der Waals surface area contributed by atoms with Gasteiger partial charge in [-0.2, -0.15) is 5.43 Å². The number of hydrogen-bond acceptors (Lipinski definition) is 3. The van der Waals surface area contributed by atoms with Gasteiger partial charge in [-0.15, -0.1) is 0 Å². The van der Waals surface area contributed by atoms with Crippen molar-refractivity contribution in [1.82, 2.24) is 0 Å². The smallest absolute Gasteiger partial charge is 0.258 e. The number of nitrogens with zero attached hydrogens (tertiary/aromatic N) is 2. The van der Waals surface area contributed by atoms with Crippen molar-refractivity contribution < 1.29 is 9.60 Å². The summed E-state index contributed by atoms with van der Waals surface area (Å²) in [6.07, 6.45) is 3.88. The molecule has 98 valence electrons. The zero-order valence-corrected chi connectivity index (χ0v) is 10.6. The largest absolute Gasteiger partial charge is 0.269 e. The summed E-state index contributed by atoms with van der Waals surface area (Å²) in [6, 6.07) is 16.4. The second kappa shape index (κ2) is 4.97. The lowest BCUT2D eigenvalue weighted by Crippen LogP contribution is -2.41. The average molecular weight is 266 g/mol. The molecular weight excluding hydrogens is 254 g/mol. The maximum absolute atomic E-state index is 10.6. The maximum atomic E-state index is 10.6. The second-order valence-electron chi connectivity index (χ2n) is 4.40. The maximum Gasteiger partial charge on any atom is 0.269 e. The summed E-state index contributed by atoms with van der Waals surface area (Å²) in [7, 11) is 0. The van der Waals surface area contributed by atoms with E-state index in [2.05, 4.69) is 5.43 Å². The van der Waals surface area contributed by atoms with Gasteiger partial charge in [0.25, 0.3) is 5.69 Å². The standard InChI is InChI=1S/C15H12N3O2/c19-18(20)15-7-5-14(6-8-15)16-17-10-9-12-3-1-2-4-13(12)11-17/h1-11,16H/q+1. The van der Waals surface area contributed by atoms with Crippen molar-refractivity contribution in [3.63, 3.8) is 0 Å². The Balaban J connectivity index is 1.87. The van der Waals surface area contributed by atoms with Crippen LogP contribution in [0.3, 0.4) is 0 Å². The summed E-state index contributed by atoms with van der Waals surface area (Å²) in [5.74, 6) is 0. The van der Waals surface area contributed by atoms with E-state index >= 15 is 0 Å². The van der Waals surface area contributed by atoms with Gasteiger partial charge in [0.05, 0.1) is 10.6 Å². The number of benzene rings is 2. The van der Waals surface area contributed by atoms with Crippen LogP contribution in [0, 0.1) is 10.1 Å². The first kappa shape index (κ1) is 12.1. The predicted octanol–water partition coefficient (Wildman–Crippen LogP) is 2.91. The Morgan fingerprint density at radius 2 is 1.65 bits per heavy atom. The third-order valence-corrected chi connectivity index (χ3v) is 3.03. The molecular formula is C15H12N3O2+. The average Bonchev–Trinajstić information content (AvgIpc) is 2.48. The van der Waals surface area contributed by atoms with Crippen LogP contribution in [0.25, 0.3) is 10.8 Å². The molecule has 1 N–H and O–H groups in total. The van der Waals surface area contributed by atoms with Crippen LogP contribution in [-0.4, -0.2) is 4.92 Å². The normalized spacial score (nSPS) is 10.4. The summed E-state index contributed by atoms with van der Waals surface area (Å²) in [5, 5.41) is 12.9. The number of fused-ring (bicyclic) bond motifs is 1. The van der Waals surface area contributed by atoms with Gasteiger partial charge in [-0.25, -0.2) is 0 Å². The fourth-order valence-electron chi connectivity index (χ4n) is 2.01. The van der Waals surface area contributed by atoms with Crippen molar-refractivity contribution in [3.05, 3.63) is 77.1 Å². The van der Waals surface area contributed by atoms with E-state index in [0.717, 1.165) is 16.5 Å². The van der Waals surface area contributed by atoms with E-state index in [0.29, 0.717) is 0 Å². The Hall–Kier alpha value is -2.95. The van der Waals surface area contributed by atoms with E-state index in [1.54, 1.807) is 12.1 Å². The predicted molar refractivity (Wildman–Crippen MR) is 76.3 cm³/mol. The van der Waals surface area contributed by atoms with E-state index in [4.69, 9.17) is 0 Å². The number of anilines is 1. The van der Waals surface area contributed by atoms with E-state index in [1.807, 2.05) is 47.4 Å². The van der Waals surface area contributed by atoms with Crippen LogP contribution >= 0.6 is 0 Å². The van der Waals surface area contributed by atoms with Gasteiger partial charge in [0, 0.05) is 23.6 Å². The molecule has 5 nitrogen and oxygen atoms in total. The molecule has 0 atom stereocenters. The molecule has 0 aliphatic heterocycles. The van der Waals surface area contributed by atoms with Crippen LogP contribution in [0.1, 0.15) is 0 Å². The van der Waals surface area contributed by atoms with Crippen molar-refractivity contribution in [1.29, 1.82) is 0 Å². The highest BCUT2D eigenvalue weighted by atomic mass is 16.6. The minimum absolute atomic E-state index is 0.0825. The van der Waals surface area contributed by atoms with Crippen molar-refractivity contribution in [2.24, 2.45) is 0 Å². The second-order valence-corrected chi connectivity index (χ2v) is 4.40. The van der Waals surface area contributed by atoms with Crippen LogP contribution in [0.15, 0.2) is 67.0 Å². The van der Waals surface area contributed by atoms with Crippen LogP contribution in [0.4, 0.5) is 11.4 Å². The molecule has 0 unspecified atom stereocenters. The Morgan fingerprint density at radius 3 is 2.35 bits per heavy atom. The molecule has 1 heterocycles. The minimum Gasteiger partial charge on any atom is -0.258 e. The number of non-ortho nitro benzene ring substituents is 1. The molecule has 0 saturated heterocycles. The molecule has 0 amide bonds. The highest BCUT2D eigenvalue weighted by Gasteiger charge is 2.07. The quantitative estimate of drug-likeness (QED) is 0.450. The van der Waals surface area contributed by atoms with Crippen LogP contribution in [-0.2, 0) is 0 Å². The van der Waals surface area contributed by atoms with E-state index in [1.165, 1.54) is 12.1 Å². The molecule has 0 saturated carbocycles. The molecule has 0 spiro atoms. The number of pyridine rings is 1. The molecule has 20 heavy (non-hydrogen) atoms. The zero-order valence-electron chi connectivity index (χ0n) is 10.6. The molecule has 1 aromatic heterocycles. The monoisotopic (exact) mass is 266 g/mol. The van der Waals surface area contributed by atoms with E-state index < -0.39 is 4.92 Å². The highest BCUT2D eigenvalue weighted by Crippen LogP contribution is 2.15. The van der Waals surface area contributed by atoms with Gasteiger partial charge in [0.15, 0.2) is 6.20 Å². The lowest BCUT2D eigenvalue weighted by atomic mass is 10.2. The molecule has 0 aliphatic rings. The number of nitro benzene ring substituents is 1.